The van der Waals surface area contributed by atoms with Gasteiger partial charge in [0, 0.05) is 13.1 Å². The topological polar surface area (TPSA) is 58.2 Å². The van der Waals surface area contributed by atoms with Gasteiger partial charge in [-0.2, -0.15) is 0 Å². The molecule has 0 aliphatic heterocycles. The molecule has 0 aromatic heterocycles. The minimum atomic E-state index is -0.400. The van der Waals surface area contributed by atoms with E-state index in [2.05, 4.69) is 10.6 Å². The summed E-state index contributed by atoms with van der Waals surface area (Å²) >= 11 is 0. The number of hydrogen-bond donors (Lipinski definition) is 2. The molecule has 2 amide bonds. The fraction of sp³-hybridized carbons (Fsp3) is 0.120. The Morgan fingerprint density at radius 1 is 0.690 bits per heavy atom. The van der Waals surface area contributed by atoms with Gasteiger partial charge in [-0.3, -0.25) is 9.59 Å². The van der Waals surface area contributed by atoms with Gasteiger partial charge in [0.2, 0.25) is 0 Å². The largest absolute Gasteiger partial charge is 0.348 e. The van der Waals surface area contributed by atoms with Gasteiger partial charge in [0.05, 0.1) is 0 Å². The molecular weight excluding hydrogens is 360 g/mol. The molecule has 0 spiro atoms. The third kappa shape index (κ3) is 5.91. The maximum absolute atomic E-state index is 12.8. The fourth-order valence-corrected chi connectivity index (χ4v) is 2.89. The van der Waals surface area contributed by atoms with E-state index in [9.17, 15) is 9.59 Å². The molecule has 29 heavy (non-hydrogen) atoms. The number of aryl methyl sites for hydroxylation is 1. The quantitative estimate of drug-likeness (QED) is 0.367. The Labute approximate surface area is 171 Å². The Balaban J connectivity index is 1.78. The highest BCUT2D eigenvalue weighted by Gasteiger charge is 2.18. The first-order valence-corrected chi connectivity index (χ1v) is 9.55. The Hall–Kier alpha value is -3.66. The van der Waals surface area contributed by atoms with Crippen molar-refractivity contribution in [3.63, 3.8) is 0 Å². The van der Waals surface area contributed by atoms with E-state index in [1.807, 2.05) is 91.9 Å². The Morgan fingerprint density at radius 3 is 1.62 bits per heavy atom. The van der Waals surface area contributed by atoms with Crippen LogP contribution in [0.25, 0.3) is 6.08 Å². The van der Waals surface area contributed by atoms with Gasteiger partial charge in [-0.25, -0.2) is 0 Å². The number of benzene rings is 3. The van der Waals surface area contributed by atoms with Crippen LogP contribution >= 0.6 is 0 Å². The zero-order valence-electron chi connectivity index (χ0n) is 16.4. The predicted octanol–water partition coefficient (Wildman–Crippen LogP) is 4.01. The molecule has 3 rings (SSSR count). The first kappa shape index (κ1) is 20.1. The van der Waals surface area contributed by atoms with E-state index in [-0.39, 0.29) is 5.57 Å². The molecule has 0 saturated carbocycles. The van der Waals surface area contributed by atoms with Crippen molar-refractivity contribution < 1.29 is 9.59 Å². The summed E-state index contributed by atoms with van der Waals surface area (Å²) in [5.74, 6) is -0.801. The van der Waals surface area contributed by atoms with Crippen LogP contribution in [0.15, 0.2) is 90.5 Å². The second-order valence-corrected chi connectivity index (χ2v) is 6.75. The minimum absolute atomic E-state index is 0.0890. The Bertz CT molecular complexity index is 938. The SMILES string of the molecule is Cc1ccccc1C=C(C(=O)NCc1ccccc1)C(=O)NCc1ccccc1. The first-order valence-electron chi connectivity index (χ1n) is 9.55. The molecule has 0 heterocycles. The van der Waals surface area contributed by atoms with Crippen LogP contribution in [0.3, 0.4) is 0 Å². The normalized spacial score (nSPS) is 10.1. The lowest BCUT2D eigenvalue weighted by atomic mass is 10.0. The summed E-state index contributed by atoms with van der Waals surface area (Å²) in [7, 11) is 0. The van der Waals surface area contributed by atoms with Crippen molar-refractivity contribution in [3.05, 3.63) is 113 Å². The summed E-state index contributed by atoms with van der Waals surface area (Å²) in [5.41, 5.74) is 3.87. The molecular formula is C25H24N2O2. The van der Waals surface area contributed by atoms with Crippen LogP contribution in [0.1, 0.15) is 22.3 Å². The zero-order chi connectivity index (χ0) is 20.5. The number of rotatable bonds is 7. The number of amides is 2. The van der Waals surface area contributed by atoms with Crippen molar-refractivity contribution in [1.29, 1.82) is 0 Å². The maximum Gasteiger partial charge on any atom is 0.257 e. The lowest BCUT2D eigenvalue weighted by Gasteiger charge is -2.11. The molecule has 0 saturated heterocycles. The van der Waals surface area contributed by atoms with Crippen LogP contribution in [0.2, 0.25) is 0 Å². The van der Waals surface area contributed by atoms with Crippen molar-refractivity contribution in [2.24, 2.45) is 0 Å². The summed E-state index contributed by atoms with van der Waals surface area (Å²) in [4.78, 5) is 25.7. The fourth-order valence-electron chi connectivity index (χ4n) is 2.89. The Kier molecular flexibility index (Phi) is 6.95. The van der Waals surface area contributed by atoms with Gasteiger partial charge in [-0.15, -0.1) is 0 Å². The van der Waals surface area contributed by atoms with E-state index < -0.39 is 11.8 Å². The average Bonchev–Trinajstić information content (AvgIpc) is 2.76. The molecule has 0 radical (unpaired) electrons. The summed E-state index contributed by atoms with van der Waals surface area (Å²) in [6.45, 7) is 2.67. The van der Waals surface area contributed by atoms with Crippen LogP contribution in [0.5, 0.6) is 0 Å². The molecule has 0 atom stereocenters. The molecule has 0 unspecified atom stereocenters. The third-order valence-corrected chi connectivity index (χ3v) is 4.57. The Morgan fingerprint density at radius 2 is 1.14 bits per heavy atom. The molecule has 3 aromatic carbocycles. The molecule has 4 nitrogen and oxygen atoms in total. The van der Waals surface area contributed by atoms with Gasteiger partial charge in [-0.05, 0) is 35.3 Å². The number of carbonyl (C=O) groups excluding carboxylic acids is 2. The van der Waals surface area contributed by atoms with Crippen LogP contribution < -0.4 is 10.6 Å². The van der Waals surface area contributed by atoms with Gasteiger partial charge in [0.25, 0.3) is 11.8 Å². The van der Waals surface area contributed by atoms with E-state index >= 15 is 0 Å². The van der Waals surface area contributed by atoms with Crippen LogP contribution in [-0.4, -0.2) is 11.8 Å². The molecule has 2 N–H and O–H groups in total. The van der Waals surface area contributed by atoms with Crippen LogP contribution in [0.4, 0.5) is 0 Å². The van der Waals surface area contributed by atoms with E-state index in [1.165, 1.54) is 0 Å². The van der Waals surface area contributed by atoms with Gasteiger partial charge in [0.1, 0.15) is 5.57 Å². The molecule has 0 fully saturated rings. The van der Waals surface area contributed by atoms with Crippen molar-refractivity contribution in [1.82, 2.24) is 10.6 Å². The molecule has 0 aliphatic rings. The summed E-state index contributed by atoms with van der Waals surface area (Å²) < 4.78 is 0. The highest BCUT2D eigenvalue weighted by molar-refractivity contribution is 6.21. The minimum Gasteiger partial charge on any atom is -0.348 e. The first-order chi connectivity index (χ1) is 14.1. The molecule has 0 bridgehead atoms. The molecule has 3 aromatic rings. The summed E-state index contributed by atoms with van der Waals surface area (Å²) in [5, 5.41) is 5.70. The monoisotopic (exact) mass is 384 g/mol. The van der Waals surface area contributed by atoms with E-state index in [0.29, 0.717) is 13.1 Å². The number of nitrogens with one attached hydrogen (secondary N) is 2. The highest BCUT2D eigenvalue weighted by Crippen LogP contribution is 2.13. The third-order valence-electron chi connectivity index (χ3n) is 4.57. The van der Waals surface area contributed by atoms with Crippen LogP contribution in [0, 0.1) is 6.92 Å². The summed E-state index contributed by atoms with van der Waals surface area (Å²) in [6.07, 6.45) is 1.65. The van der Waals surface area contributed by atoms with Gasteiger partial charge in [-0.1, -0.05) is 84.9 Å². The number of hydrogen-bond acceptors (Lipinski definition) is 2. The lowest BCUT2D eigenvalue weighted by molar-refractivity contribution is -0.123. The van der Waals surface area contributed by atoms with Crippen molar-refractivity contribution in [3.8, 4) is 0 Å². The van der Waals surface area contributed by atoms with Crippen molar-refractivity contribution in [2.45, 2.75) is 20.0 Å². The standard InChI is InChI=1S/C25H24N2O2/c1-19-10-8-9-15-22(19)16-23(24(28)26-17-20-11-4-2-5-12-20)25(29)27-18-21-13-6-3-7-14-21/h2-16H,17-18H2,1H3,(H,26,28)(H,27,29). The van der Waals surface area contributed by atoms with Gasteiger partial charge in [0.15, 0.2) is 0 Å². The number of carbonyl (C=O) groups is 2. The van der Waals surface area contributed by atoms with Crippen LogP contribution in [-0.2, 0) is 22.7 Å². The van der Waals surface area contributed by atoms with E-state index in [4.69, 9.17) is 0 Å². The zero-order valence-corrected chi connectivity index (χ0v) is 16.4. The molecule has 146 valence electrons. The second kappa shape index (κ2) is 10.0. The summed E-state index contributed by atoms with van der Waals surface area (Å²) in [6, 6.07) is 26.9. The second-order valence-electron chi connectivity index (χ2n) is 6.75. The van der Waals surface area contributed by atoms with Gasteiger partial charge < -0.3 is 10.6 Å². The van der Waals surface area contributed by atoms with Crippen molar-refractivity contribution >= 4 is 17.9 Å². The lowest BCUT2D eigenvalue weighted by Crippen LogP contribution is -2.34. The molecule has 4 heteroatoms. The van der Waals surface area contributed by atoms with Crippen molar-refractivity contribution in [2.75, 3.05) is 0 Å². The van der Waals surface area contributed by atoms with E-state index in [1.54, 1.807) is 6.08 Å². The van der Waals surface area contributed by atoms with E-state index in [0.717, 1.165) is 22.3 Å². The smallest absolute Gasteiger partial charge is 0.257 e. The van der Waals surface area contributed by atoms with Gasteiger partial charge >= 0.3 is 0 Å². The average molecular weight is 384 g/mol. The predicted molar refractivity (Wildman–Crippen MR) is 116 cm³/mol. The maximum atomic E-state index is 12.8. The molecule has 0 aliphatic carbocycles. The highest BCUT2D eigenvalue weighted by atomic mass is 16.2.